The number of likely N-dealkylation sites (N-methyl/N-ethyl adjacent to an activating group) is 6. The third-order valence-corrected chi connectivity index (χ3v) is 7.50. The van der Waals surface area contributed by atoms with Crippen LogP contribution < -0.4 is 5.32 Å². The highest BCUT2D eigenvalue weighted by molar-refractivity contribution is 5.88. The highest BCUT2D eigenvalue weighted by Gasteiger charge is 2.19. The van der Waals surface area contributed by atoms with Gasteiger partial charge in [0.05, 0.1) is 0 Å². The molecule has 0 unspecified atom stereocenters. The van der Waals surface area contributed by atoms with Crippen molar-refractivity contribution in [1.29, 1.82) is 0 Å². The Morgan fingerprint density at radius 1 is 0.452 bits per heavy atom. The molecule has 0 saturated carbocycles. The molecule has 4 amide bonds. The molecule has 0 atom stereocenters. The van der Waals surface area contributed by atoms with Crippen molar-refractivity contribution in [3.8, 4) is 0 Å². The van der Waals surface area contributed by atoms with Crippen molar-refractivity contribution in [2.75, 3.05) is 129 Å². The van der Waals surface area contributed by atoms with Crippen LogP contribution in [-0.2, 0) is 19.2 Å². The van der Waals surface area contributed by atoms with Gasteiger partial charge in [0.1, 0.15) is 0 Å². The van der Waals surface area contributed by atoms with Gasteiger partial charge in [-0.25, -0.2) is 0 Å². The zero-order chi connectivity index (χ0) is 49.5. The van der Waals surface area contributed by atoms with Crippen LogP contribution in [0.1, 0.15) is 90.0 Å². The zero-order valence-electron chi connectivity index (χ0n) is 44.2. The molecule has 0 rings (SSSR count). The summed E-state index contributed by atoms with van der Waals surface area (Å²) in [6.45, 7) is 38.8. The van der Waals surface area contributed by atoms with Gasteiger partial charge in [-0.1, -0.05) is 113 Å². The summed E-state index contributed by atoms with van der Waals surface area (Å²) in [4.78, 5) is 60.2. The van der Waals surface area contributed by atoms with E-state index in [1.54, 1.807) is 35.3 Å². The number of rotatable bonds is 19. The molecule has 0 aliphatic carbocycles. The van der Waals surface area contributed by atoms with Crippen molar-refractivity contribution in [1.82, 2.24) is 39.6 Å². The summed E-state index contributed by atoms with van der Waals surface area (Å²) in [7, 11) is 17.7. The van der Waals surface area contributed by atoms with E-state index in [2.05, 4.69) is 95.0 Å². The van der Waals surface area contributed by atoms with Gasteiger partial charge in [0.2, 0.25) is 23.6 Å². The molecule has 12 heteroatoms. The highest BCUT2D eigenvalue weighted by atomic mass is 16.2. The van der Waals surface area contributed by atoms with Gasteiger partial charge in [-0.15, -0.1) is 6.58 Å². The number of nitrogens with zero attached hydrogens (tertiary/aromatic N) is 7. The van der Waals surface area contributed by atoms with Crippen molar-refractivity contribution in [2.24, 2.45) is 21.7 Å². The summed E-state index contributed by atoms with van der Waals surface area (Å²) in [6.07, 6.45) is 15.9. The van der Waals surface area contributed by atoms with Gasteiger partial charge in [0.15, 0.2) is 0 Å². The Hall–Kier alpha value is -3.58. The van der Waals surface area contributed by atoms with E-state index in [0.29, 0.717) is 13.1 Å². The molecular weight excluding hydrogens is 777 g/mol. The number of hydrogen-bond donors (Lipinski definition) is 1. The van der Waals surface area contributed by atoms with Crippen molar-refractivity contribution in [3.05, 3.63) is 61.3 Å². The molecule has 0 aromatic carbocycles. The smallest absolute Gasteiger partial charge is 0.246 e. The maximum atomic E-state index is 12.0. The van der Waals surface area contributed by atoms with E-state index in [9.17, 15) is 19.2 Å². The Balaban J connectivity index is -0.000000363. The van der Waals surface area contributed by atoms with E-state index in [1.165, 1.54) is 0 Å². The zero-order valence-corrected chi connectivity index (χ0v) is 44.2. The summed E-state index contributed by atoms with van der Waals surface area (Å²) >= 11 is 0. The maximum absolute atomic E-state index is 12.0. The first-order valence-corrected chi connectivity index (χ1v) is 22.0. The quantitative estimate of drug-likeness (QED) is 0.109. The Morgan fingerprint density at radius 2 is 0.774 bits per heavy atom. The van der Waals surface area contributed by atoms with Gasteiger partial charge in [0, 0.05) is 96.8 Å². The molecule has 0 spiro atoms. The largest absolute Gasteiger partial charge is 0.352 e. The second-order valence-electron chi connectivity index (χ2n) is 21.7. The van der Waals surface area contributed by atoms with Crippen molar-refractivity contribution >= 4 is 23.6 Å². The summed E-state index contributed by atoms with van der Waals surface area (Å²) in [5.41, 5.74) is 0.556. The number of hydrogen-bond acceptors (Lipinski definition) is 8. The lowest BCUT2D eigenvalue weighted by Gasteiger charge is -2.28. The van der Waals surface area contributed by atoms with Crippen molar-refractivity contribution < 1.29 is 19.2 Å². The average Bonchev–Trinajstić information content (AvgIpc) is 3.07. The van der Waals surface area contributed by atoms with E-state index >= 15 is 0 Å². The minimum atomic E-state index is -0.0122. The minimum Gasteiger partial charge on any atom is -0.352 e. The lowest BCUT2D eigenvalue weighted by molar-refractivity contribution is -0.127. The molecule has 0 bridgehead atoms. The molecule has 12 nitrogen and oxygen atoms in total. The Morgan fingerprint density at radius 3 is 1.08 bits per heavy atom. The predicted octanol–water partition coefficient (Wildman–Crippen LogP) is 7.04. The topological polar surface area (TPSA) is 103 Å². The summed E-state index contributed by atoms with van der Waals surface area (Å²) < 4.78 is 0. The lowest BCUT2D eigenvalue weighted by Crippen LogP contribution is -2.37. The van der Waals surface area contributed by atoms with Crippen LogP contribution in [0, 0.1) is 21.7 Å². The molecule has 0 aromatic heterocycles. The minimum absolute atomic E-state index is 0.0122. The normalized spacial score (nSPS) is 12.4. The molecule has 0 radical (unpaired) electrons. The molecular formula is C50H98N8O4. The first-order valence-electron chi connectivity index (χ1n) is 22.0. The monoisotopic (exact) mass is 875 g/mol. The van der Waals surface area contributed by atoms with Crippen LogP contribution >= 0.6 is 0 Å². The predicted molar refractivity (Wildman–Crippen MR) is 268 cm³/mol. The first-order chi connectivity index (χ1) is 28.0. The van der Waals surface area contributed by atoms with Crippen molar-refractivity contribution in [2.45, 2.75) is 90.0 Å². The molecule has 0 saturated heterocycles. The lowest BCUT2D eigenvalue weighted by atomic mass is 9.96. The van der Waals surface area contributed by atoms with Crippen LogP contribution in [0.3, 0.4) is 0 Å². The maximum Gasteiger partial charge on any atom is 0.246 e. The van der Waals surface area contributed by atoms with E-state index in [0.717, 1.165) is 52.4 Å². The van der Waals surface area contributed by atoms with Gasteiger partial charge >= 0.3 is 0 Å². The van der Waals surface area contributed by atoms with Crippen LogP contribution in [0.25, 0.3) is 0 Å². The van der Waals surface area contributed by atoms with Crippen LogP contribution in [-0.4, -0.2) is 187 Å². The molecule has 0 aliphatic heterocycles. The van der Waals surface area contributed by atoms with Crippen LogP contribution in [0.15, 0.2) is 61.3 Å². The third-order valence-electron chi connectivity index (χ3n) is 7.50. The molecule has 362 valence electrons. The van der Waals surface area contributed by atoms with E-state index < -0.39 is 0 Å². The Kier molecular flexibility index (Phi) is 35.6. The Labute approximate surface area is 383 Å². The number of carbonyl (C=O) groups is 4. The first kappa shape index (κ1) is 65.0. The van der Waals surface area contributed by atoms with Gasteiger partial charge in [-0.2, -0.15) is 0 Å². The van der Waals surface area contributed by atoms with E-state index in [-0.39, 0.29) is 45.3 Å². The van der Waals surface area contributed by atoms with Crippen LogP contribution in [0.2, 0.25) is 0 Å². The molecule has 0 heterocycles. The molecule has 62 heavy (non-hydrogen) atoms. The van der Waals surface area contributed by atoms with Gasteiger partial charge in [-0.3, -0.25) is 19.2 Å². The second kappa shape index (κ2) is 33.9. The van der Waals surface area contributed by atoms with Gasteiger partial charge in [-0.05, 0) is 85.0 Å². The molecule has 0 aliphatic rings. The second-order valence-corrected chi connectivity index (χ2v) is 21.7. The van der Waals surface area contributed by atoms with Gasteiger partial charge in [0.25, 0.3) is 0 Å². The van der Waals surface area contributed by atoms with Crippen LogP contribution in [0.5, 0.6) is 0 Å². The van der Waals surface area contributed by atoms with Gasteiger partial charge < -0.3 is 39.6 Å². The van der Waals surface area contributed by atoms with Crippen LogP contribution in [0.4, 0.5) is 0 Å². The number of nitrogens with one attached hydrogen (secondary N) is 1. The van der Waals surface area contributed by atoms with E-state index in [1.807, 2.05) is 124 Å². The number of carbonyl (C=O) groups excluding carboxylic acids is 4. The summed E-state index contributed by atoms with van der Waals surface area (Å²) in [6, 6.07) is 0. The fourth-order valence-electron chi connectivity index (χ4n) is 4.88. The third kappa shape index (κ3) is 50.8. The summed E-state index contributed by atoms with van der Waals surface area (Å²) in [5.74, 6) is 0.231. The standard InChI is InChI=1S/C14H26N2O.C13H26N2O.C12H24N2O.C11H22N2O/c1-7-10-16(12-14(2,3)4)13(17)9-8-11-15(5)6;1-7-15(11-13(2,3)4)12(16)9-8-10-14(5)6;1-12(2,3)10-14(6)11(15)8-7-9-13(4)5;1-11(2,3)9-12-10(14)7-6-8-13(4)5/h7-9H,1,10-12H2,2-6H3;8-9H,7,10-11H2,1-6H3;7-8H,9-10H2,1-6H3;6-7H,8-9H2,1-5H3,(H,12,14)/b2*9-8+;8-7+;7-6+. The fraction of sp³-hybridized carbons (Fsp3) is 0.720. The van der Waals surface area contributed by atoms with E-state index in [4.69, 9.17) is 0 Å². The Bertz CT molecular complexity index is 1350. The highest BCUT2D eigenvalue weighted by Crippen LogP contribution is 2.17. The molecule has 0 aromatic rings. The van der Waals surface area contributed by atoms with Crippen molar-refractivity contribution in [3.63, 3.8) is 0 Å². The molecule has 0 fully saturated rings. The number of amides is 4. The summed E-state index contributed by atoms with van der Waals surface area (Å²) in [5, 5.41) is 2.85. The molecule has 1 N–H and O–H groups in total. The average molecular weight is 875 g/mol. The SMILES string of the molecule is C=CCN(CC(C)(C)C)C(=O)/C=C/CN(C)C.CCN(CC(C)(C)C)C(=O)/C=C/CN(C)C.CN(C)C/C=C/C(=O)N(C)CC(C)(C)C.CN(C)C/C=C/C(=O)NCC(C)(C)C. The fourth-order valence-corrected chi connectivity index (χ4v) is 4.88.